The average molecular weight is 389 g/mol. The van der Waals surface area contributed by atoms with E-state index >= 15 is 0 Å². The number of piperidine rings is 1. The summed E-state index contributed by atoms with van der Waals surface area (Å²) in [5, 5.41) is 11.4. The quantitative estimate of drug-likeness (QED) is 0.831. The lowest BCUT2D eigenvalue weighted by Gasteiger charge is -2.39. The lowest BCUT2D eigenvalue weighted by Crippen LogP contribution is -2.50. The van der Waals surface area contributed by atoms with E-state index in [2.05, 4.69) is 4.98 Å². The van der Waals surface area contributed by atoms with Crippen LogP contribution < -0.4 is 15.0 Å². The fourth-order valence-corrected chi connectivity index (χ4v) is 3.58. The summed E-state index contributed by atoms with van der Waals surface area (Å²) in [5.41, 5.74) is -0.799. The number of rotatable bonds is 5. The molecule has 0 spiro atoms. The molecule has 0 aliphatic carbocycles. The molecule has 1 aromatic heterocycles. The number of likely N-dealkylation sites (tertiary alicyclic amines) is 1. The average Bonchev–Trinajstić information content (AvgIpc) is 2.69. The van der Waals surface area contributed by atoms with E-state index in [1.54, 1.807) is 17.0 Å². The summed E-state index contributed by atoms with van der Waals surface area (Å²) in [6, 6.07) is 3.26. The van der Waals surface area contributed by atoms with Gasteiger partial charge in [0.25, 0.3) is 5.56 Å². The molecule has 1 aromatic carbocycles. The first-order valence-corrected chi connectivity index (χ1v) is 9.40. The molecule has 1 amide bonds. The highest BCUT2D eigenvalue weighted by Gasteiger charge is 2.35. The van der Waals surface area contributed by atoms with Crippen molar-refractivity contribution < 1.29 is 19.4 Å². The lowest BCUT2D eigenvalue weighted by atomic mass is 9.90. The maximum atomic E-state index is 12.9. The van der Waals surface area contributed by atoms with Gasteiger partial charge in [-0.2, -0.15) is 0 Å². The molecule has 1 aliphatic heterocycles. The Labute approximate surface area is 163 Å². The number of hydrogen-bond donors (Lipinski definition) is 1. The van der Waals surface area contributed by atoms with Crippen molar-refractivity contribution in [2.45, 2.75) is 38.8 Å². The predicted octanol–water partition coefficient (Wildman–Crippen LogP) is 1.42. The summed E-state index contributed by atoms with van der Waals surface area (Å²) in [6.07, 6.45) is 2.28. The van der Waals surface area contributed by atoms with Crippen LogP contribution in [0.25, 0.3) is 10.9 Å². The second kappa shape index (κ2) is 7.79. The van der Waals surface area contributed by atoms with Gasteiger partial charge in [0, 0.05) is 25.1 Å². The third kappa shape index (κ3) is 3.82. The number of carbonyl (C=O) groups excluding carboxylic acids is 1. The van der Waals surface area contributed by atoms with Crippen molar-refractivity contribution in [1.82, 2.24) is 14.5 Å². The van der Waals surface area contributed by atoms with Gasteiger partial charge in [-0.05, 0) is 18.9 Å². The highest BCUT2D eigenvalue weighted by Crippen LogP contribution is 2.30. The molecule has 1 saturated heterocycles. The Morgan fingerprint density at radius 2 is 1.82 bits per heavy atom. The fourth-order valence-electron chi connectivity index (χ4n) is 3.58. The molecule has 0 saturated carbocycles. The first kappa shape index (κ1) is 20.1. The normalized spacial score (nSPS) is 16.4. The molecule has 8 heteroatoms. The van der Waals surface area contributed by atoms with Gasteiger partial charge >= 0.3 is 0 Å². The molecule has 3 rings (SSSR count). The van der Waals surface area contributed by atoms with E-state index in [1.807, 2.05) is 13.8 Å². The Kier molecular flexibility index (Phi) is 5.60. The van der Waals surface area contributed by atoms with E-state index in [9.17, 15) is 14.7 Å². The number of aliphatic hydroxyl groups is 1. The smallest absolute Gasteiger partial charge is 0.261 e. The molecule has 1 aliphatic rings. The molecule has 0 bridgehead atoms. The van der Waals surface area contributed by atoms with E-state index in [0.717, 1.165) is 0 Å². The molecule has 2 heterocycles. The zero-order valence-corrected chi connectivity index (χ0v) is 16.8. The summed E-state index contributed by atoms with van der Waals surface area (Å²) in [4.78, 5) is 31.2. The van der Waals surface area contributed by atoms with Crippen LogP contribution in [0.4, 0.5) is 0 Å². The SMILES string of the molecule is COc1cc2ncn(CC3(O)CCN(C(=O)C(C)C)CC3)c(=O)c2cc1OC. The van der Waals surface area contributed by atoms with Gasteiger partial charge in [-0.15, -0.1) is 0 Å². The van der Waals surface area contributed by atoms with Crippen LogP contribution in [0.1, 0.15) is 26.7 Å². The van der Waals surface area contributed by atoms with E-state index in [0.29, 0.717) is 48.3 Å². The topological polar surface area (TPSA) is 93.9 Å². The Hall–Kier alpha value is -2.61. The number of fused-ring (bicyclic) bond motifs is 1. The molecule has 8 nitrogen and oxygen atoms in total. The van der Waals surface area contributed by atoms with Gasteiger partial charge in [0.2, 0.25) is 5.91 Å². The minimum Gasteiger partial charge on any atom is -0.493 e. The van der Waals surface area contributed by atoms with Gasteiger partial charge in [0.1, 0.15) is 0 Å². The molecule has 0 unspecified atom stereocenters. The Morgan fingerprint density at radius 3 is 2.39 bits per heavy atom. The van der Waals surface area contributed by atoms with Gasteiger partial charge in [-0.3, -0.25) is 14.2 Å². The van der Waals surface area contributed by atoms with Crippen molar-refractivity contribution in [3.8, 4) is 11.5 Å². The first-order valence-electron chi connectivity index (χ1n) is 9.40. The third-order valence-electron chi connectivity index (χ3n) is 5.29. The minimum atomic E-state index is -1.05. The van der Waals surface area contributed by atoms with Crippen LogP contribution in [0.3, 0.4) is 0 Å². The summed E-state index contributed by atoms with van der Waals surface area (Å²) >= 11 is 0. The summed E-state index contributed by atoms with van der Waals surface area (Å²) in [7, 11) is 3.03. The van der Waals surface area contributed by atoms with Crippen molar-refractivity contribution in [2.24, 2.45) is 5.92 Å². The van der Waals surface area contributed by atoms with Gasteiger partial charge in [0.05, 0.1) is 43.6 Å². The van der Waals surface area contributed by atoms with Crippen LogP contribution in [0.2, 0.25) is 0 Å². The highest BCUT2D eigenvalue weighted by molar-refractivity contribution is 5.81. The summed E-state index contributed by atoms with van der Waals surface area (Å²) in [5.74, 6) is 0.976. The van der Waals surface area contributed by atoms with Crippen LogP contribution in [0.5, 0.6) is 11.5 Å². The number of carbonyl (C=O) groups is 1. The van der Waals surface area contributed by atoms with Gasteiger partial charge in [-0.25, -0.2) is 4.98 Å². The molecular formula is C20H27N3O5. The van der Waals surface area contributed by atoms with Crippen LogP contribution in [0, 0.1) is 5.92 Å². The second-order valence-electron chi connectivity index (χ2n) is 7.61. The molecule has 0 atom stereocenters. The zero-order valence-electron chi connectivity index (χ0n) is 16.8. The Balaban J connectivity index is 1.84. The number of hydrogen-bond acceptors (Lipinski definition) is 6. The number of nitrogens with zero attached hydrogens (tertiary/aromatic N) is 3. The van der Waals surface area contributed by atoms with E-state index in [1.165, 1.54) is 25.1 Å². The highest BCUT2D eigenvalue weighted by atomic mass is 16.5. The molecule has 1 N–H and O–H groups in total. The van der Waals surface area contributed by atoms with Crippen LogP contribution >= 0.6 is 0 Å². The third-order valence-corrected chi connectivity index (χ3v) is 5.29. The monoisotopic (exact) mass is 389 g/mol. The Bertz CT molecular complexity index is 929. The number of benzene rings is 1. The summed E-state index contributed by atoms with van der Waals surface area (Å²) in [6.45, 7) is 4.83. The van der Waals surface area contributed by atoms with Gasteiger partial charge in [-0.1, -0.05) is 13.8 Å². The predicted molar refractivity (Wildman–Crippen MR) is 105 cm³/mol. The molecule has 28 heavy (non-hydrogen) atoms. The fraction of sp³-hybridized carbons (Fsp3) is 0.550. The van der Waals surface area contributed by atoms with Crippen LogP contribution in [-0.4, -0.2) is 58.4 Å². The van der Waals surface area contributed by atoms with Crippen molar-refractivity contribution in [3.05, 3.63) is 28.8 Å². The number of aromatic nitrogens is 2. The first-order chi connectivity index (χ1) is 13.3. The second-order valence-corrected chi connectivity index (χ2v) is 7.61. The molecule has 1 fully saturated rings. The van der Waals surface area contributed by atoms with Crippen molar-refractivity contribution in [3.63, 3.8) is 0 Å². The van der Waals surface area contributed by atoms with Crippen LogP contribution in [0.15, 0.2) is 23.3 Å². The summed E-state index contributed by atoms with van der Waals surface area (Å²) < 4.78 is 12.0. The molecular weight excluding hydrogens is 362 g/mol. The van der Waals surface area contributed by atoms with E-state index in [4.69, 9.17) is 9.47 Å². The maximum Gasteiger partial charge on any atom is 0.261 e. The van der Waals surface area contributed by atoms with E-state index < -0.39 is 5.60 Å². The lowest BCUT2D eigenvalue weighted by molar-refractivity contribution is -0.139. The maximum absolute atomic E-state index is 12.9. The standard InChI is InChI=1S/C20H27N3O5/c1-13(2)18(24)22-7-5-20(26,6-8-22)11-23-12-21-15-10-17(28-4)16(27-3)9-14(15)19(23)25/h9-10,12-13,26H,5-8,11H2,1-4H3. The molecule has 0 radical (unpaired) electrons. The zero-order chi connectivity index (χ0) is 20.5. The number of methoxy groups -OCH3 is 2. The molecule has 152 valence electrons. The van der Waals surface area contributed by atoms with Gasteiger partial charge < -0.3 is 19.5 Å². The van der Waals surface area contributed by atoms with Crippen molar-refractivity contribution in [2.75, 3.05) is 27.3 Å². The van der Waals surface area contributed by atoms with Crippen molar-refractivity contribution in [1.29, 1.82) is 0 Å². The number of amides is 1. The minimum absolute atomic E-state index is 0.0644. The van der Waals surface area contributed by atoms with Crippen molar-refractivity contribution >= 4 is 16.8 Å². The Morgan fingerprint density at radius 1 is 1.21 bits per heavy atom. The van der Waals surface area contributed by atoms with Gasteiger partial charge in [0.15, 0.2) is 11.5 Å². The van der Waals surface area contributed by atoms with E-state index in [-0.39, 0.29) is 23.9 Å². The van der Waals surface area contributed by atoms with Crippen LogP contribution in [-0.2, 0) is 11.3 Å². The largest absolute Gasteiger partial charge is 0.493 e. The molecule has 2 aromatic rings. The number of ether oxygens (including phenoxy) is 2.